The zero-order chi connectivity index (χ0) is 20.4. The Morgan fingerprint density at radius 3 is 2.69 bits per heavy atom. The third kappa shape index (κ3) is 4.24. The van der Waals surface area contributed by atoms with Crippen LogP contribution in [0.5, 0.6) is 0 Å². The minimum absolute atomic E-state index is 0.0565. The van der Waals surface area contributed by atoms with E-state index in [4.69, 9.17) is 23.2 Å². The summed E-state index contributed by atoms with van der Waals surface area (Å²) in [6.07, 6.45) is 3.10. The van der Waals surface area contributed by atoms with Gasteiger partial charge in [-0.2, -0.15) is 19.4 Å². The van der Waals surface area contributed by atoms with Gasteiger partial charge in [0, 0.05) is 28.5 Å². The molecule has 4 aromatic rings. The van der Waals surface area contributed by atoms with Crippen molar-refractivity contribution in [1.82, 2.24) is 24.5 Å². The predicted molar refractivity (Wildman–Crippen MR) is 111 cm³/mol. The Kier molecular flexibility index (Phi) is 5.47. The van der Waals surface area contributed by atoms with E-state index in [9.17, 15) is 10.1 Å². The Bertz CT molecular complexity index is 1220. The maximum Gasteiger partial charge on any atom is 0.275 e. The molecule has 2 aromatic carbocycles. The molecule has 0 saturated carbocycles. The molecule has 0 bridgehead atoms. The number of halogens is 2. The largest absolute Gasteiger partial charge is 0.275 e. The van der Waals surface area contributed by atoms with E-state index >= 15 is 0 Å². The fourth-order valence-electron chi connectivity index (χ4n) is 2.42. The average Bonchev–Trinajstić information content (AvgIpc) is 3.28. The van der Waals surface area contributed by atoms with Gasteiger partial charge in [-0.3, -0.25) is 10.1 Å². The van der Waals surface area contributed by atoms with Crippen LogP contribution in [0.25, 0.3) is 5.78 Å². The number of non-ortho nitro benzene ring substituents is 1. The van der Waals surface area contributed by atoms with Crippen LogP contribution in [-0.2, 0) is 5.75 Å². The van der Waals surface area contributed by atoms with Gasteiger partial charge in [0.2, 0.25) is 5.16 Å². The van der Waals surface area contributed by atoms with Crippen LogP contribution in [0.2, 0.25) is 10.0 Å². The molecule has 0 amide bonds. The summed E-state index contributed by atoms with van der Waals surface area (Å²) < 4.78 is 3.05. The number of fused-ring (bicyclic) bond motifs is 1. The lowest BCUT2D eigenvalue weighted by Crippen LogP contribution is -1.92. The number of thioether (sulfide) groups is 1. The molecule has 0 aliphatic heterocycles. The number of aromatic nitrogens is 5. The summed E-state index contributed by atoms with van der Waals surface area (Å²) in [5.41, 5.74) is 1.68. The molecule has 9 nitrogen and oxygen atoms in total. The van der Waals surface area contributed by atoms with Gasteiger partial charge in [-0.05, 0) is 17.7 Å². The Morgan fingerprint density at radius 2 is 1.97 bits per heavy atom. The molecule has 146 valence electrons. The van der Waals surface area contributed by atoms with Crippen LogP contribution in [0.3, 0.4) is 0 Å². The first-order chi connectivity index (χ1) is 14.0. The molecule has 2 heterocycles. The Morgan fingerprint density at radius 1 is 1.17 bits per heavy atom. The van der Waals surface area contributed by atoms with E-state index in [0.29, 0.717) is 32.3 Å². The fourth-order valence-corrected chi connectivity index (χ4v) is 3.71. The summed E-state index contributed by atoms with van der Waals surface area (Å²) in [5.74, 6) is 1.01. The number of nitrogens with zero attached hydrogens (tertiary/aromatic N) is 7. The second kappa shape index (κ2) is 8.19. The smallest absolute Gasteiger partial charge is 0.258 e. The van der Waals surface area contributed by atoms with Gasteiger partial charge in [-0.1, -0.05) is 53.2 Å². The van der Waals surface area contributed by atoms with Crippen LogP contribution in [0, 0.1) is 10.1 Å². The van der Waals surface area contributed by atoms with Gasteiger partial charge in [0.05, 0.1) is 16.2 Å². The molecule has 4 rings (SSSR count). The SMILES string of the molecule is O=[N+]([O-])c1ccc(CSc2nnc3n(N=Cc4ccc(Cl)cc4Cl)cnn23)cc1. The van der Waals surface area contributed by atoms with Crippen molar-refractivity contribution in [3.63, 3.8) is 0 Å². The van der Waals surface area contributed by atoms with E-state index in [2.05, 4.69) is 20.4 Å². The van der Waals surface area contributed by atoms with Crippen molar-refractivity contribution in [3.8, 4) is 0 Å². The molecular weight excluding hydrogens is 437 g/mol. The molecule has 12 heteroatoms. The summed E-state index contributed by atoms with van der Waals surface area (Å²) in [6, 6.07) is 11.5. The number of rotatable bonds is 6. The van der Waals surface area contributed by atoms with Gasteiger partial charge in [0.1, 0.15) is 6.33 Å². The number of hydrogen-bond acceptors (Lipinski definition) is 7. The molecule has 0 spiro atoms. The molecule has 0 radical (unpaired) electrons. The number of nitro groups is 1. The zero-order valence-electron chi connectivity index (χ0n) is 14.5. The van der Waals surface area contributed by atoms with Crippen molar-refractivity contribution in [1.29, 1.82) is 0 Å². The van der Waals surface area contributed by atoms with Crippen LogP contribution in [-0.4, -0.2) is 35.6 Å². The van der Waals surface area contributed by atoms with E-state index in [1.807, 2.05) is 0 Å². The van der Waals surface area contributed by atoms with E-state index in [0.717, 1.165) is 5.56 Å². The molecule has 0 unspecified atom stereocenters. The lowest BCUT2D eigenvalue weighted by atomic mass is 10.2. The standard InChI is InChI=1S/C17H11Cl2N7O2S/c18-13-4-3-12(15(19)7-13)8-20-24-10-21-25-16(24)22-23-17(25)29-9-11-1-5-14(6-2-11)26(27)28/h1-8,10H,9H2. The second-order valence-electron chi connectivity index (χ2n) is 5.79. The molecule has 2 aromatic heterocycles. The molecule has 29 heavy (non-hydrogen) atoms. The molecule has 0 N–H and O–H groups in total. The van der Waals surface area contributed by atoms with Crippen LogP contribution in [0.4, 0.5) is 5.69 Å². The molecule has 0 fully saturated rings. The maximum atomic E-state index is 10.7. The molecule has 0 saturated heterocycles. The van der Waals surface area contributed by atoms with Crippen LogP contribution in [0.15, 0.2) is 59.0 Å². The van der Waals surface area contributed by atoms with Crippen molar-refractivity contribution in [2.75, 3.05) is 0 Å². The van der Waals surface area contributed by atoms with E-state index in [-0.39, 0.29) is 5.69 Å². The first-order valence-electron chi connectivity index (χ1n) is 8.15. The summed E-state index contributed by atoms with van der Waals surface area (Å²) in [5, 5.41) is 29.1. The monoisotopic (exact) mass is 447 g/mol. The lowest BCUT2D eigenvalue weighted by Gasteiger charge is -1.99. The summed E-state index contributed by atoms with van der Waals surface area (Å²) in [6.45, 7) is 0. The van der Waals surface area contributed by atoms with Crippen molar-refractivity contribution in [2.45, 2.75) is 10.9 Å². The predicted octanol–water partition coefficient (Wildman–Crippen LogP) is 4.32. The first kappa shape index (κ1) is 19.4. The fraction of sp³-hybridized carbons (Fsp3) is 0.0588. The highest BCUT2D eigenvalue weighted by Crippen LogP contribution is 2.23. The highest BCUT2D eigenvalue weighted by Gasteiger charge is 2.12. The average molecular weight is 448 g/mol. The first-order valence-corrected chi connectivity index (χ1v) is 9.90. The quantitative estimate of drug-likeness (QED) is 0.188. The Balaban J connectivity index is 1.49. The molecule has 0 aliphatic rings. The molecule has 0 aliphatic carbocycles. The van der Waals surface area contributed by atoms with Crippen molar-refractivity contribution >= 4 is 52.6 Å². The minimum atomic E-state index is -0.427. The molecular formula is C17H11Cl2N7O2S. The second-order valence-corrected chi connectivity index (χ2v) is 7.58. The van der Waals surface area contributed by atoms with Gasteiger partial charge in [0.25, 0.3) is 11.5 Å². The Hall–Kier alpha value is -2.95. The number of nitro benzene ring substituents is 1. The Labute approximate surface area is 178 Å². The molecule has 0 atom stereocenters. The number of benzene rings is 2. The van der Waals surface area contributed by atoms with Gasteiger partial charge < -0.3 is 0 Å². The van der Waals surface area contributed by atoms with Crippen LogP contribution in [0.1, 0.15) is 11.1 Å². The van der Waals surface area contributed by atoms with E-state index < -0.39 is 4.92 Å². The van der Waals surface area contributed by atoms with Gasteiger partial charge in [-0.25, -0.2) is 0 Å². The van der Waals surface area contributed by atoms with Crippen molar-refractivity contribution in [3.05, 3.63) is 80.1 Å². The maximum absolute atomic E-state index is 10.7. The van der Waals surface area contributed by atoms with Gasteiger partial charge >= 0.3 is 0 Å². The van der Waals surface area contributed by atoms with Crippen LogP contribution >= 0.6 is 35.0 Å². The summed E-state index contributed by atoms with van der Waals surface area (Å²) >= 11 is 13.5. The van der Waals surface area contributed by atoms with Crippen molar-refractivity contribution in [2.24, 2.45) is 5.10 Å². The number of hydrogen-bond donors (Lipinski definition) is 0. The normalized spacial score (nSPS) is 11.5. The van der Waals surface area contributed by atoms with E-state index in [1.54, 1.807) is 41.1 Å². The highest BCUT2D eigenvalue weighted by atomic mass is 35.5. The third-order valence-electron chi connectivity index (χ3n) is 3.88. The summed E-state index contributed by atoms with van der Waals surface area (Å²) in [7, 11) is 0. The minimum Gasteiger partial charge on any atom is -0.258 e. The van der Waals surface area contributed by atoms with Crippen molar-refractivity contribution < 1.29 is 4.92 Å². The van der Waals surface area contributed by atoms with E-state index in [1.165, 1.54) is 34.9 Å². The zero-order valence-corrected chi connectivity index (χ0v) is 16.8. The van der Waals surface area contributed by atoms with Gasteiger partial charge in [0.15, 0.2) is 0 Å². The summed E-state index contributed by atoms with van der Waals surface area (Å²) in [4.78, 5) is 10.3. The van der Waals surface area contributed by atoms with Crippen LogP contribution < -0.4 is 0 Å². The van der Waals surface area contributed by atoms with Gasteiger partial charge in [-0.15, -0.1) is 10.2 Å². The topological polar surface area (TPSA) is 104 Å². The lowest BCUT2D eigenvalue weighted by molar-refractivity contribution is -0.384. The third-order valence-corrected chi connectivity index (χ3v) is 5.43. The highest BCUT2D eigenvalue weighted by molar-refractivity contribution is 7.98.